The summed E-state index contributed by atoms with van der Waals surface area (Å²) < 4.78 is 58.8. The lowest BCUT2D eigenvalue weighted by Crippen LogP contribution is -2.53. The van der Waals surface area contributed by atoms with E-state index < -0.39 is 20.4 Å². The minimum absolute atomic E-state index is 0.00582. The molecule has 2 heterocycles. The van der Waals surface area contributed by atoms with E-state index in [0.717, 1.165) is 51.4 Å². The van der Waals surface area contributed by atoms with E-state index in [1.54, 1.807) is 4.31 Å². The van der Waals surface area contributed by atoms with Crippen LogP contribution in [-0.2, 0) is 20.4 Å². The van der Waals surface area contributed by atoms with Gasteiger partial charge in [-0.25, -0.2) is 4.72 Å². The smallest absolute Gasteiger partial charge is 0.201 e. The largest absolute Gasteiger partial charge is 0.282 e. The van der Waals surface area contributed by atoms with E-state index in [4.69, 9.17) is 0 Å². The van der Waals surface area contributed by atoms with Crippen LogP contribution in [0, 0.1) is 0 Å². The summed E-state index contributed by atoms with van der Waals surface area (Å²) in [5, 5.41) is 0. The molecule has 1 aliphatic carbocycles. The number of rotatable bonds is 8. The lowest BCUT2D eigenvalue weighted by Gasteiger charge is -2.37. The molecule has 2 atom stereocenters. The van der Waals surface area contributed by atoms with Crippen molar-refractivity contribution in [2.45, 2.75) is 83.3 Å². The molecule has 2 aliphatic heterocycles. The van der Waals surface area contributed by atoms with Crippen LogP contribution in [-0.4, -0.2) is 74.1 Å². The van der Waals surface area contributed by atoms with Gasteiger partial charge >= 0.3 is 0 Å². The Labute approximate surface area is 164 Å². The van der Waals surface area contributed by atoms with Crippen LogP contribution in [0.5, 0.6) is 0 Å². The van der Waals surface area contributed by atoms with Crippen molar-refractivity contribution in [3.8, 4) is 0 Å². The highest BCUT2D eigenvalue weighted by atomic mass is 32.2. The normalized spacial score (nSPS) is 29.3. The third-order valence-electron chi connectivity index (χ3n) is 5.96. The molecule has 3 fully saturated rings. The van der Waals surface area contributed by atoms with Crippen LogP contribution in [0.2, 0.25) is 0 Å². The standard InChI is InChI=1S/C17H34N4O4S2/c1-15-7-3-5-12-19(15)26(22,23)18-11-14-21(17-9-10-17)27(24,25)20-13-6-4-8-16(20)2/h15-18H,3-14H2,1-2H3. The van der Waals surface area contributed by atoms with Crippen LogP contribution in [0.1, 0.15) is 65.2 Å². The first-order valence-electron chi connectivity index (χ1n) is 10.3. The molecule has 2 unspecified atom stereocenters. The zero-order valence-electron chi connectivity index (χ0n) is 16.5. The van der Waals surface area contributed by atoms with Crippen molar-refractivity contribution < 1.29 is 16.8 Å². The first-order chi connectivity index (χ1) is 12.7. The van der Waals surface area contributed by atoms with E-state index in [9.17, 15) is 16.8 Å². The van der Waals surface area contributed by atoms with Gasteiger partial charge in [0.15, 0.2) is 0 Å². The maximum Gasteiger partial charge on any atom is 0.282 e. The van der Waals surface area contributed by atoms with E-state index in [1.807, 2.05) is 13.8 Å². The first-order valence-corrected chi connectivity index (χ1v) is 13.1. The number of nitrogens with zero attached hydrogens (tertiary/aromatic N) is 3. The highest BCUT2D eigenvalue weighted by molar-refractivity contribution is 7.87. The maximum absolute atomic E-state index is 13.2. The van der Waals surface area contributed by atoms with Gasteiger partial charge in [0.2, 0.25) is 0 Å². The maximum atomic E-state index is 13.2. The van der Waals surface area contributed by atoms with Crippen LogP contribution in [0.15, 0.2) is 0 Å². The van der Waals surface area contributed by atoms with Crippen LogP contribution in [0.25, 0.3) is 0 Å². The third kappa shape index (κ3) is 5.02. The van der Waals surface area contributed by atoms with Gasteiger partial charge in [-0.3, -0.25) is 0 Å². The molecule has 3 rings (SSSR count). The van der Waals surface area contributed by atoms with Gasteiger partial charge in [-0.1, -0.05) is 12.8 Å². The summed E-state index contributed by atoms with van der Waals surface area (Å²) >= 11 is 0. The molecule has 27 heavy (non-hydrogen) atoms. The first kappa shape index (κ1) is 21.4. The zero-order valence-corrected chi connectivity index (χ0v) is 18.1. The van der Waals surface area contributed by atoms with E-state index in [2.05, 4.69) is 4.72 Å². The van der Waals surface area contributed by atoms with Crippen molar-refractivity contribution in [1.82, 2.24) is 17.6 Å². The minimum atomic E-state index is -3.57. The van der Waals surface area contributed by atoms with E-state index >= 15 is 0 Å². The lowest BCUT2D eigenvalue weighted by molar-refractivity contribution is 0.241. The average molecular weight is 423 g/mol. The molecule has 0 bridgehead atoms. The van der Waals surface area contributed by atoms with Gasteiger partial charge in [0, 0.05) is 44.3 Å². The number of piperidine rings is 2. The van der Waals surface area contributed by atoms with Gasteiger partial charge in [-0.2, -0.15) is 29.8 Å². The molecule has 0 spiro atoms. The van der Waals surface area contributed by atoms with Crippen molar-refractivity contribution in [3.05, 3.63) is 0 Å². The van der Waals surface area contributed by atoms with Crippen LogP contribution < -0.4 is 4.72 Å². The fraction of sp³-hybridized carbons (Fsp3) is 1.00. The Morgan fingerprint density at radius 3 is 1.93 bits per heavy atom. The molecule has 3 aliphatic rings. The molecule has 1 N–H and O–H groups in total. The van der Waals surface area contributed by atoms with Gasteiger partial charge in [-0.15, -0.1) is 0 Å². The zero-order chi connectivity index (χ0) is 19.7. The summed E-state index contributed by atoms with van der Waals surface area (Å²) in [5.74, 6) is 0. The summed E-state index contributed by atoms with van der Waals surface area (Å²) in [4.78, 5) is 0. The van der Waals surface area contributed by atoms with Crippen molar-refractivity contribution in [2.24, 2.45) is 0 Å². The van der Waals surface area contributed by atoms with E-state index in [-0.39, 0.29) is 31.2 Å². The number of hydrogen-bond donors (Lipinski definition) is 1. The van der Waals surface area contributed by atoms with Gasteiger partial charge in [0.1, 0.15) is 0 Å². The molecule has 2 saturated heterocycles. The van der Waals surface area contributed by atoms with Gasteiger partial charge in [0.05, 0.1) is 0 Å². The Morgan fingerprint density at radius 2 is 1.41 bits per heavy atom. The predicted molar refractivity (Wildman–Crippen MR) is 106 cm³/mol. The van der Waals surface area contributed by atoms with Crippen LogP contribution >= 0.6 is 0 Å². The Bertz CT molecular complexity index is 708. The molecular formula is C17H34N4O4S2. The molecular weight excluding hydrogens is 388 g/mol. The predicted octanol–water partition coefficient (Wildman–Crippen LogP) is 1.28. The van der Waals surface area contributed by atoms with Crippen LogP contribution in [0.3, 0.4) is 0 Å². The Hall–Kier alpha value is -0.260. The minimum Gasteiger partial charge on any atom is -0.201 e. The Morgan fingerprint density at radius 1 is 0.852 bits per heavy atom. The van der Waals surface area contributed by atoms with Crippen molar-refractivity contribution in [1.29, 1.82) is 0 Å². The summed E-state index contributed by atoms with van der Waals surface area (Å²) in [6, 6.07) is 0.0205. The topological polar surface area (TPSA) is 90.0 Å². The second kappa shape index (κ2) is 8.62. The van der Waals surface area contributed by atoms with Crippen LogP contribution in [0.4, 0.5) is 0 Å². The fourth-order valence-corrected chi connectivity index (χ4v) is 7.76. The molecule has 0 aromatic carbocycles. The third-order valence-corrected chi connectivity index (χ3v) is 9.89. The van der Waals surface area contributed by atoms with Gasteiger partial charge in [0.25, 0.3) is 20.4 Å². The molecule has 0 radical (unpaired) electrons. The van der Waals surface area contributed by atoms with E-state index in [1.165, 1.54) is 8.61 Å². The molecule has 0 aromatic rings. The Balaban J connectivity index is 1.62. The van der Waals surface area contributed by atoms with Crippen molar-refractivity contribution in [2.75, 3.05) is 26.2 Å². The second-order valence-corrected chi connectivity index (χ2v) is 11.7. The molecule has 0 aromatic heterocycles. The second-order valence-electron chi connectivity index (χ2n) is 8.16. The fourth-order valence-electron chi connectivity index (χ4n) is 4.19. The van der Waals surface area contributed by atoms with E-state index in [0.29, 0.717) is 13.1 Å². The SMILES string of the molecule is CC1CCCCN1S(=O)(=O)NCCN(C1CC1)S(=O)(=O)N1CCCCC1C. The quantitative estimate of drug-likeness (QED) is 0.638. The monoisotopic (exact) mass is 422 g/mol. The summed E-state index contributed by atoms with van der Waals surface area (Å²) in [6.45, 7) is 5.29. The van der Waals surface area contributed by atoms with Gasteiger partial charge < -0.3 is 0 Å². The molecule has 0 amide bonds. The average Bonchev–Trinajstić information content (AvgIpc) is 3.43. The lowest BCUT2D eigenvalue weighted by atomic mass is 10.1. The molecule has 8 nitrogen and oxygen atoms in total. The summed E-state index contributed by atoms with van der Waals surface area (Å²) in [5.41, 5.74) is 0. The highest BCUT2D eigenvalue weighted by Crippen LogP contribution is 2.32. The number of hydrogen-bond acceptors (Lipinski definition) is 4. The highest BCUT2D eigenvalue weighted by Gasteiger charge is 2.42. The summed E-state index contributed by atoms with van der Waals surface area (Å²) in [6.07, 6.45) is 7.35. The molecule has 1 saturated carbocycles. The van der Waals surface area contributed by atoms with Gasteiger partial charge in [-0.05, 0) is 52.4 Å². The van der Waals surface area contributed by atoms with Crippen molar-refractivity contribution >= 4 is 20.4 Å². The Kier molecular flexibility index (Phi) is 6.85. The molecule has 158 valence electrons. The summed E-state index contributed by atoms with van der Waals surface area (Å²) in [7, 11) is -7.11. The molecule has 10 heteroatoms. The van der Waals surface area contributed by atoms with Crippen molar-refractivity contribution in [3.63, 3.8) is 0 Å². The number of nitrogens with one attached hydrogen (secondary N) is 1.